The minimum absolute atomic E-state index is 0.0591. The fraction of sp³-hybridized carbons (Fsp3) is 0.278. The molecule has 2 rings (SSSR count). The molecule has 0 fully saturated rings. The summed E-state index contributed by atoms with van der Waals surface area (Å²) in [6.45, 7) is 2.00. The quantitative estimate of drug-likeness (QED) is 0.283. The lowest BCUT2D eigenvalue weighted by Crippen LogP contribution is -2.03. The van der Waals surface area contributed by atoms with Crippen molar-refractivity contribution in [1.29, 1.82) is 5.26 Å². The van der Waals surface area contributed by atoms with Gasteiger partial charge in [0.15, 0.2) is 5.82 Å². The number of nitrogens with zero attached hydrogens (tertiary/aromatic N) is 4. The maximum Gasteiger partial charge on any atom is 0.283 e. The number of thioether (sulfide) groups is 1. The van der Waals surface area contributed by atoms with Gasteiger partial charge in [-0.15, -0.1) is 11.8 Å². The average Bonchev–Trinajstić information content (AvgIpc) is 2.67. The average molecular weight is 401 g/mol. The highest BCUT2D eigenvalue weighted by Gasteiger charge is 2.15. The van der Waals surface area contributed by atoms with Crippen LogP contribution in [0, 0.1) is 28.4 Å². The van der Waals surface area contributed by atoms with E-state index in [1.54, 1.807) is 25.1 Å². The minimum Gasteiger partial charge on any atom is -0.396 e. The molecule has 2 aromatic rings. The van der Waals surface area contributed by atoms with Crippen LogP contribution in [-0.2, 0) is 11.3 Å². The van der Waals surface area contributed by atoms with Crippen LogP contribution in [0.5, 0.6) is 0 Å². The van der Waals surface area contributed by atoms with Gasteiger partial charge in [0.05, 0.1) is 29.2 Å². The molecule has 28 heavy (non-hydrogen) atoms. The Kier molecular flexibility index (Phi) is 7.88. The summed E-state index contributed by atoms with van der Waals surface area (Å²) in [6, 6.07) is 8.55. The van der Waals surface area contributed by atoms with Gasteiger partial charge in [0.2, 0.25) is 0 Å². The molecule has 0 atom stereocenters. The van der Waals surface area contributed by atoms with Crippen molar-refractivity contribution in [1.82, 2.24) is 4.98 Å². The molecule has 0 spiro atoms. The highest BCUT2D eigenvalue weighted by atomic mass is 32.2. The first-order valence-electron chi connectivity index (χ1n) is 8.20. The van der Waals surface area contributed by atoms with Gasteiger partial charge >= 0.3 is 0 Å². The Labute approximate surface area is 166 Å². The lowest BCUT2D eigenvalue weighted by atomic mass is 10.1. The topological polar surface area (TPSA) is 134 Å². The number of nitrogens with one attached hydrogen (secondary N) is 1. The molecule has 0 saturated carbocycles. The maximum absolute atomic E-state index is 11.3. The van der Waals surface area contributed by atoms with Gasteiger partial charge in [0.25, 0.3) is 5.69 Å². The van der Waals surface area contributed by atoms with E-state index in [2.05, 4.69) is 21.6 Å². The van der Waals surface area contributed by atoms with Crippen LogP contribution in [0.15, 0.2) is 34.3 Å². The van der Waals surface area contributed by atoms with Gasteiger partial charge < -0.3 is 9.84 Å². The molecule has 9 nitrogen and oxygen atoms in total. The number of hydrazone groups is 1. The van der Waals surface area contributed by atoms with Crippen LogP contribution in [0.2, 0.25) is 0 Å². The molecule has 0 aliphatic rings. The maximum atomic E-state index is 11.3. The third-order valence-electron chi connectivity index (χ3n) is 3.55. The predicted octanol–water partition coefficient (Wildman–Crippen LogP) is 2.85. The Hall–Kier alpha value is -3.00. The summed E-state index contributed by atoms with van der Waals surface area (Å²) in [7, 11) is 1.54. The highest BCUT2D eigenvalue weighted by molar-refractivity contribution is 7.99. The Bertz CT molecular complexity index is 927. The van der Waals surface area contributed by atoms with Gasteiger partial charge in [-0.1, -0.05) is 6.07 Å². The molecule has 0 unspecified atom stereocenters. The van der Waals surface area contributed by atoms with Crippen LogP contribution in [0.25, 0.3) is 0 Å². The zero-order valence-electron chi connectivity index (χ0n) is 15.4. The number of nitro benzene ring substituents is 1. The van der Waals surface area contributed by atoms with Crippen LogP contribution in [-0.4, -0.2) is 40.7 Å². The number of hydrogen-bond acceptors (Lipinski definition) is 9. The summed E-state index contributed by atoms with van der Waals surface area (Å²) < 4.78 is 5.10. The van der Waals surface area contributed by atoms with E-state index in [1.807, 2.05) is 0 Å². The second kappa shape index (κ2) is 10.4. The third-order valence-corrected chi connectivity index (χ3v) is 4.60. The molecule has 146 valence electrons. The highest BCUT2D eigenvalue weighted by Crippen LogP contribution is 2.29. The number of rotatable bonds is 9. The molecule has 1 aromatic carbocycles. The molecule has 0 aliphatic carbocycles. The van der Waals surface area contributed by atoms with Crippen molar-refractivity contribution in [3.63, 3.8) is 0 Å². The second-order valence-electron chi connectivity index (χ2n) is 5.62. The summed E-state index contributed by atoms with van der Waals surface area (Å²) in [5, 5.41) is 33.6. The first-order valence-corrected chi connectivity index (χ1v) is 9.19. The number of aliphatic hydroxyl groups is 1. The molecule has 0 radical (unpaired) electrons. The number of hydrogen-bond donors (Lipinski definition) is 2. The van der Waals surface area contributed by atoms with Crippen molar-refractivity contribution in [3.05, 3.63) is 56.8 Å². The van der Waals surface area contributed by atoms with Gasteiger partial charge in [0, 0.05) is 35.7 Å². The number of methoxy groups -OCH3 is 1. The monoisotopic (exact) mass is 401 g/mol. The SMILES string of the molecule is COCc1cc(C)nc(NN=Cc2ccc(SCCO)c([N+](=O)[O-])c2)c1C#N. The molecule has 10 heteroatoms. The van der Waals surface area contributed by atoms with E-state index in [1.165, 1.54) is 31.2 Å². The van der Waals surface area contributed by atoms with Gasteiger partial charge in [-0.25, -0.2) is 4.98 Å². The minimum atomic E-state index is -0.475. The van der Waals surface area contributed by atoms with Gasteiger partial charge in [-0.3, -0.25) is 15.5 Å². The number of nitro groups is 1. The van der Waals surface area contributed by atoms with Crippen LogP contribution in [0.4, 0.5) is 11.5 Å². The molecule has 0 amide bonds. The Morgan fingerprint density at radius 1 is 1.50 bits per heavy atom. The summed E-state index contributed by atoms with van der Waals surface area (Å²) >= 11 is 1.21. The number of nitriles is 1. The molecule has 0 saturated heterocycles. The molecular weight excluding hydrogens is 382 g/mol. The van der Waals surface area contributed by atoms with Crippen molar-refractivity contribution >= 4 is 29.5 Å². The zero-order valence-corrected chi connectivity index (χ0v) is 16.2. The fourth-order valence-electron chi connectivity index (χ4n) is 2.42. The van der Waals surface area contributed by atoms with Crippen molar-refractivity contribution in [2.24, 2.45) is 5.10 Å². The Morgan fingerprint density at radius 3 is 2.93 bits per heavy atom. The van der Waals surface area contributed by atoms with E-state index in [0.29, 0.717) is 33.0 Å². The van der Waals surface area contributed by atoms with E-state index in [-0.39, 0.29) is 24.7 Å². The Balaban J connectivity index is 2.24. The summed E-state index contributed by atoms with van der Waals surface area (Å²) in [5.41, 5.74) is 4.89. The first kappa shape index (κ1) is 21.3. The summed E-state index contributed by atoms with van der Waals surface area (Å²) in [6.07, 6.45) is 1.41. The smallest absolute Gasteiger partial charge is 0.283 e. The second-order valence-corrected chi connectivity index (χ2v) is 6.75. The standard InChI is InChI=1S/C18H19N5O4S/c1-12-7-14(11-27-2)15(9-19)18(21-12)22-20-10-13-3-4-17(28-6-5-24)16(8-13)23(25)26/h3-4,7-8,10,24H,5-6,11H2,1-2H3,(H,21,22). The van der Waals surface area contributed by atoms with Crippen molar-refractivity contribution in [3.8, 4) is 6.07 Å². The van der Waals surface area contributed by atoms with Gasteiger partial charge in [0.1, 0.15) is 11.6 Å². The molecular formula is C18H19N5O4S. The molecule has 0 aliphatic heterocycles. The van der Waals surface area contributed by atoms with E-state index < -0.39 is 4.92 Å². The van der Waals surface area contributed by atoms with Crippen molar-refractivity contribution in [2.45, 2.75) is 18.4 Å². The zero-order chi connectivity index (χ0) is 20.5. The number of benzene rings is 1. The van der Waals surface area contributed by atoms with Crippen LogP contribution in [0.3, 0.4) is 0 Å². The Morgan fingerprint density at radius 2 is 2.29 bits per heavy atom. The first-order chi connectivity index (χ1) is 13.5. The lowest BCUT2D eigenvalue weighted by molar-refractivity contribution is -0.387. The number of aliphatic hydroxyl groups excluding tert-OH is 1. The number of pyridine rings is 1. The predicted molar refractivity (Wildman–Crippen MR) is 107 cm³/mol. The third kappa shape index (κ3) is 5.50. The summed E-state index contributed by atoms with van der Waals surface area (Å²) in [5.74, 6) is 0.658. The molecule has 0 bridgehead atoms. The van der Waals surface area contributed by atoms with Crippen LogP contribution < -0.4 is 5.43 Å². The van der Waals surface area contributed by atoms with E-state index in [0.717, 1.165) is 0 Å². The van der Waals surface area contributed by atoms with Gasteiger partial charge in [-0.05, 0) is 19.1 Å². The van der Waals surface area contributed by atoms with Crippen molar-refractivity contribution < 1.29 is 14.8 Å². The fourth-order valence-corrected chi connectivity index (χ4v) is 3.18. The normalized spacial score (nSPS) is 10.8. The van der Waals surface area contributed by atoms with Crippen LogP contribution >= 0.6 is 11.8 Å². The number of anilines is 1. The number of aromatic nitrogens is 1. The number of ether oxygens (including phenoxy) is 1. The van der Waals surface area contributed by atoms with E-state index in [9.17, 15) is 15.4 Å². The van der Waals surface area contributed by atoms with E-state index in [4.69, 9.17) is 9.84 Å². The van der Waals surface area contributed by atoms with Crippen LogP contribution in [0.1, 0.15) is 22.4 Å². The largest absolute Gasteiger partial charge is 0.396 e. The van der Waals surface area contributed by atoms with Crippen molar-refractivity contribution in [2.75, 3.05) is 24.9 Å². The lowest BCUT2D eigenvalue weighted by Gasteiger charge is -2.09. The van der Waals surface area contributed by atoms with E-state index >= 15 is 0 Å². The summed E-state index contributed by atoms with van der Waals surface area (Å²) in [4.78, 5) is 15.5. The molecule has 1 aromatic heterocycles. The number of aryl methyl sites for hydroxylation is 1. The molecule has 2 N–H and O–H groups in total. The molecule has 1 heterocycles. The van der Waals surface area contributed by atoms with Gasteiger partial charge in [-0.2, -0.15) is 10.4 Å².